The normalized spacial score (nSPS) is 10.5. The van der Waals surface area contributed by atoms with Gasteiger partial charge in [0.15, 0.2) is 11.5 Å². The number of methoxy groups -OCH3 is 2. The Morgan fingerprint density at radius 1 is 1.17 bits per heavy atom. The summed E-state index contributed by atoms with van der Waals surface area (Å²) in [6.07, 6.45) is 2.89. The van der Waals surface area contributed by atoms with Crippen LogP contribution in [0.15, 0.2) is 24.4 Å². The zero-order valence-corrected chi connectivity index (χ0v) is 17.3. The van der Waals surface area contributed by atoms with Crippen LogP contribution in [0.5, 0.6) is 11.5 Å². The van der Waals surface area contributed by atoms with Crippen LogP contribution in [-0.4, -0.2) is 50.3 Å². The van der Waals surface area contributed by atoms with Gasteiger partial charge in [-0.3, -0.25) is 4.98 Å². The quantitative estimate of drug-likeness (QED) is 0.467. The Labute approximate surface area is 161 Å². The molecule has 0 aliphatic rings. The summed E-state index contributed by atoms with van der Waals surface area (Å²) in [6, 6.07) is 5.88. The van der Waals surface area contributed by atoms with E-state index in [1.807, 2.05) is 18.2 Å². The van der Waals surface area contributed by atoms with Crippen molar-refractivity contribution in [2.75, 3.05) is 45.7 Å². The molecule has 1 N–H and O–H groups in total. The summed E-state index contributed by atoms with van der Waals surface area (Å²) >= 11 is 0. The lowest BCUT2D eigenvalue weighted by Gasteiger charge is -2.19. The van der Waals surface area contributed by atoms with E-state index in [9.17, 15) is 0 Å². The lowest BCUT2D eigenvalue weighted by Crippen LogP contribution is -2.25. The number of anilines is 1. The second-order valence-corrected chi connectivity index (χ2v) is 5.37. The number of pyridine rings is 1. The summed E-state index contributed by atoms with van der Waals surface area (Å²) in [7, 11) is 3.31. The summed E-state index contributed by atoms with van der Waals surface area (Å²) in [5, 5.41) is 4.45. The van der Waals surface area contributed by atoms with Crippen molar-refractivity contribution >= 4 is 40.6 Å². The van der Waals surface area contributed by atoms with Gasteiger partial charge in [0.2, 0.25) is 0 Å². The van der Waals surface area contributed by atoms with Crippen LogP contribution in [0.2, 0.25) is 0 Å². The molecule has 0 saturated heterocycles. The fourth-order valence-corrected chi connectivity index (χ4v) is 2.76. The van der Waals surface area contributed by atoms with Crippen LogP contribution in [0.3, 0.4) is 0 Å². The first kappa shape index (κ1) is 20.8. The Morgan fingerprint density at radius 3 is 2.54 bits per heavy atom. The molecule has 0 saturated carbocycles. The molecule has 0 unspecified atom stereocenters. The topological polar surface area (TPSA) is 46.6 Å². The Kier molecular flexibility index (Phi) is 9.13. The average molecular weight is 445 g/mol. The molecule has 0 amide bonds. The van der Waals surface area contributed by atoms with E-state index >= 15 is 0 Å². The highest BCUT2D eigenvalue weighted by Crippen LogP contribution is 2.39. The minimum Gasteiger partial charge on any atom is -0.493 e. The second-order valence-electron chi connectivity index (χ2n) is 5.37. The molecule has 0 bridgehead atoms. The molecule has 2 rings (SSSR count). The summed E-state index contributed by atoms with van der Waals surface area (Å²) < 4.78 is 11.0. The summed E-state index contributed by atoms with van der Waals surface area (Å²) in [4.78, 5) is 6.93. The van der Waals surface area contributed by atoms with Crippen molar-refractivity contribution in [3.05, 3.63) is 24.4 Å². The first-order chi connectivity index (χ1) is 11.2. The van der Waals surface area contributed by atoms with E-state index in [1.165, 1.54) is 0 Å². The molecule has 0 radical (unpaired) electrons. The molecule has 6 heteroatoms. The van der Waals surface area contributed by atoms with Crippen molar-refractivity contribution in [1.82, 2.24) is 9.88 Å². The highest BCUT2D eigenvalue weighted by Gasteiger charge is 2.14. The van der Waals surface area contributed by atoms with Gasteiger partial charge in [-0.1, -0.05) is 13.8 Å². The minimum atomic E-state index is 0. The fourth-order valence-electron chi connectivity index (χ4n) is 2.76. The van der Waals surface area contributed by atoms with Crippen molar-refractivity contribution in [3.63, 3.8) is 0 Å². The third-order valence-electron chi connectivity index (χ3n) is 4.09. The predicted molar refractivity (Wildman–Crippen MR) is 111 cm³/mol. The number of ether oxygens (including phenoxy) is 2. The number of nitrogens with zero attached hydrogens (tertiary/aromatic N) is 2. The van der Waals surface area contributed by atoms with Gasteiger partial charge in [-0.25, -0.2) is 0 Å². The molecule has 0 fully saturated rings. The maximum Gasteiger partial charge on any atom is 0.170 e. The van der Waals surface area contributed by atoms with Crippen molar-refractivity contribution in [1.29, 1.82) is 0 Å². The zero-order chi connectivity index (χ0) is 16.7. The molecule has 5 nitrogen and oxygen atoms in total. The van der Waals surface area contributed by atoms with Gasteiger partial charge < -0.3 is 19.7 Å². The fraction of sp³-hybridized carbons (Fsp3) is 0.500. The number of aromatic nitrogens is 1. The van der Waals surface area contributed by atoms with E-state index < -0.39 is 0 Å². The average Bonchev–Trinajstić information content (AvgIpc) is 2.61. The number of halogens is 1. The third-order valence-corrected chi connectivity index (χ3v) is 4.09. The summed E-state index contributed by atoms with van der Waals surface area (Å²) in [5.41, 5.74) is 1.89. The molecule has 1 aromatic carbocycles. The molecule has 0 aliphatic carbocycles. The first-order valence-corrected chi connectivity index (χ1v) is 8.21. The maximum atomic E-state index is 5.49. The Hall–Kier alpha value is -1.28. The lowest BCUT2D eigenvalue weighted by atomic mass is 10.1. The smallest absolute Gasteiger partial charge is 0.170 e. The SMILES string of the molecule is CCN(CC)CCCNc1cc(OC)c(OC)c2cccnc12.I. The Bertz CT molecular complexity index is 633. The van der Waals surface area contributed by atoms with Crippen LogP contribution in [0.4, 0.5) is 5.69 Å². The molecular weight excluding hydrogens is 417 g/mol. The van der Waals surface area contributed by atoms with E-state index in [2.05, 4.69) is 29.0 Å². The number of nitrogens with one attached hydrogen (secondary N) is 1. The third kappa shape index (κ3) is 4.86. The van der Waals surface area contributed by atoms with E-state index in [0.717, 1.165) is 60.7 Å². The van der Waals surface area contributed by atoms with E-state index in [4.69, 9.17) is 9.47 Å². The summed E-state index contributed by atoms with van der Waals surface area (Å²) in [6.45, 7) is 8.58. The van der Waals surface area contributed by atoms with Crippen molar-refractivity contribution < 1.29 is 9.47 Å². The van der Waals surface area contributed by atoms with Crippen LogP contribution in [-0.2, 0) is 0 Å². The van der Waals surface area contributed by atoms with Gasteiger partial charge in [0.05, 0.1) is 25.4 Å². The van der Waals surface area contributed by atoms with Crippen molar-refractivity contribution in [2.45, 2.75) is 20.3 Å². The Balaban J connectivity index is 0.00000288. The van der Waals surface area contributed by atoms with E-state index in [1.54, 1.807) is 20.4 Å². The van der Waals surface area contributed by atoms with Crippen LogP contribution < -0.4 is 14.8 Å². The molecule has 0 spiro atoms. The van der Waals surface area contributed by atoms with Crippen LogP contribution >= 0.6 is 24.0 Å². The Morgan fingerprint density at radius 2 is 1.92 bits per heavy atom. The molecule has 1 heterocycles. The number of rotatable bonds is 9. The number of hydrogen-bond acceptors (Lipinski definition) is 5. The largest absolute Gasteiger partial charge is 0.493 e. The molecule has 2 aromatic rings. The maximum absolute atomic E-state index is 5.49. The number of hydrogen-bond donors (Lipinski definition) is 1. The molecule has 1 aromatic heterocycles. The molecule has 134 valence electrons. The van der Waals surface area contributed by atoms with Crippen LogP contribution in [0, 0.1) is 0 Å². The highest BCUT2D eigenvalue weighted by atomic mass is 127. The zero-order valence-electron chi connectivity index (χ0n) is 15.0. The number of fused-ring (bicyclic) bond motifs is 1. The standard InChI is InChI=1S/C18H27N3O2.HI/c1-5-21(6-2)12-8-11-19-15-13-16(22-3)18(23-4)14-9-7-10-20-17(14)15;/h7,9-10,13,19H,5-6,8,11-12H2,1-4H3;1H. The van der Waals surface area contributed by atoms with Gasteiger partial charge in [-0.05, 0) is 38.2 Å². The van der Waals surface area contributed by atoms with Crippen LogP contribution in [0.25, 0.3) is 10.9 Å². The molecule has 24 heavy (non-hydrogen) atoms. The van der Waals surface area contributed by atoms with E-state index in [-0.39, 0.29) is 24.0 Å². The van der Waals surface area contributed by atoms with Crippen molar-refractivity contribution in [3.8, 4) is 11.5 Å². The van der Waals surface area contributed by atoms with E-state index in [0.29, 0.717) is 0 Å². The predicted octanol–water partition coefficient (Wildman–Crippen LogP) is 4.01. The second kappa shape index (κ2) is 10.6. The highest BCUT2D eigenvalue weighted by molar-refractivity contribution is 14.0. The van der Waals surface area contributed by atoms with Gasteiger partial charge in [-0.15, -0.1) is 24.0 Å². The first-order valence-electron chi connectivity index (χ1n) is 8.21. The monoisotopic (exact) mass is 445 g/mol. The summed E-state index contributed by atoms with van der Waals surface area (Å²) in [5.74, 6) is 1.45. The van der Waals surface area contributed by atoms with Gasteiger partial charge in [0, 0.05) is 24.2 Å². The van der Waals surface area contributed by atoms with Gasteiger partial charge >= 0.3 is 0 Å². The lowest BCUT2D eigenvalue weighted by molar-refractivity contribution is 0.303. The molecular formula is C18H28IN3O2. The van der Waals surface area contributed by atoms with Gasteiger partial charge in [0.1, 0.15) is 0 Å². The number of benzene rings is 1. The van der Waals surface area contributed by atoms with Crippen molar-refractivity contribution in [2.24, 2.45) is 0 Å². The molecule has 0 atom stereocenters. The molecule has 0 aliphatic heterocycles. The van der Waals surface area contributed by atoms with Gasteiger partial charge in [0.25, 0.3) is 0 Å². The minimum absolute atomic E-state index is 0. The van der Waals surface area contributed by atoms with Crippen LogP contribution in [0.1, 0.15) is 20.3 Å². The van der Waals surface area contributed by atoms with Gasteiger partial charge in [-0.2, -0.15) is 0 Å².